The van der Waals surface area contributed by atoms with E-state index in [0.29, 0.717) is 0 Å². The Morgan fingerprint density at radius 3 is 2.52 bits per heavy atom. The van der Waals surface area contributed by atoms with Gasteiger partial charge < -0.3 is 5.11 Å². The van der Waals surface area contributed by atoms with Crippen molar-refractivity contribution < 1.29 is 43.5 Å². The van der Waals surface area contributed by atoms with Gasteiger partial charge in [0.1, 0.15) is 10.8 Å². The molecule has 0 fully saturated rings. The monoisotopic (exact) mass is 316 g/mol. The van der Waals surface area contributed by atoms with E-state index in [2.05, 4.69) is 15.5 Å². The normalized spacial score (nSPS) is 11.0. The summed E-state index contributed by atoms with van der Waals surface area (Å²) in [5, 5.41) is 18.4. The quantitative estimate of drug-likeness (QED) is 0.420. The Hall–Kier alpha value is -2.37. The van der Waals surface area contributed by atoms with E-state index in [0.717, 1.165) is 17.3 Å². The summed E-state index contributed by atoms with van der Waals surface area (Å²) in [6.45, 7) is 0. The molecule has 21 heavy (non-hydrogen) atoms. The minimum atomic E-state index is -4.94. The van der Waals surface area contributed by atoms with E-state index >= 15 is 0 Å². The van der Waals surface area contributed by atoms with E-state index in [1.807, 2.05) is 24.3 Å². The van der Waals surface area contributed by atoms with E-state index in [1.54, 1.807) is 4.68 Å². The van der Waals surface area contributed by atoms with Crippen LogP contribution in [0.15, 0.2) is 36.7 Å². The molecule has 0 atom stereocenters. The standard InChI is InChI=1S/C10H8N4O2.ClHO4/c15-10(16)5-4-8-2-1-3-9(6-8)14-7-11-12-13-14;2-1(3,4)5/h1-7H,(H,15,16);(H,2,3,4,5)/b5-4+;. The number of carboxylic acids is 1. The van der Waals surface area contributed by atoms with E-state index < -0.39 is 16.2 Å². The van der Waals surface area contributed by atoms with Gasteiger partial charge in [0, 0.05) is 6.08 Å². The molecule has 0 radical (unpaired) electrons. The molecule has 0 saturated carbocycles. The number of aromatic amines is 1. The van der Waals surface area contributed by atoms with Gasteiger partial charge in [0.15, 0.2) is 5.21 Å². The third-order valence-electron chi connectivity index (χ3n) is 1.94. The molecular weight excluding hydrogens is 308 g/mol. The van der Waals surface area contributed by atoms with Gasteiger partial charge in [-0.25, -0.2) is 23.4 Å². The number of nitrogens with one attached hydrogen (secondary N) is 1. The molecule has 2 aromatic rings. The summed E-state index contributed by atoms with van der Waals surface area (Å²) in [6.07, 6.45) is 4.14. The summed E-state index contributed by atoms with van der Waals surface area (Å²) in [5.41, 5.74) is 1.62. The number of aromatic nitrogens is 4. The number of rotatable bonds is 3. The predicted octanol–water partition coefficient (Wildman–Crippen LogP) is -4.58. The van der Waals surface area contributed by atoms with Crippen molar-refractivity contribution in [3.8, 4) is 5.69 Å². The van der Waals surface area contributed by atoms with E-state index in [9.17, 15) is 4.79 Å². The van der Waals surface area contributed by atoms with Crippen LogP contribution < -0.4 is 23.3 Å². The van der Waals surface area contributed by atoms with Gasteiger partial charge in [0.2, 0.25) is 0 Å². The molecule has 2 N–H and O–H groups in total. The van der Waals surface area contributed by atoms with Crippen LogP contribution in [0.4, 0.5) is 0 Å². The highest BCUT2D eigenvalue weighted by molar-refractivity contribution is 5.85. The average molecular weight is 317 g/mol. The predicted molar refractivity (Wildman–Crippen MR) is 54.6 cm³/mol. The first-order chi connectivity index (χ1) is 9.75. The highest BCUT2D eigenvalue weighted by Gasteiger charge is 2.03. The maximum atomic E-state index is 10.4. The molecule has 2 rings (SSSR count). The number of hydrogen-bond donors (Lipinski definition) is 2. The number of tetrazole rings is 1. The zero-order valence-corrected chi connectivity index (χ0v) is 11.0. The van der Waals surface area contributed by atoms with E-state index in [1.165, 1.54) is 12.4 Å². The van der Waals surface area contributed by atoms with Crippen LogP contribution in [0.2, 0.25) is 0 Å². The third kappa shape index (κ3) is 7.71. The van der Waals surface area contributed by atoms with Gasteiger partial charge in [-0.15, -0.1) is 14.9 Å². The molecule has 1 heterocycles. The molecule has 1 aromatic heterocycles. The van der Waals surface area contributed by atoms with Crippen molar-refractivity contribution in [1.29, 1.82) is 0 Å². The molecule has 0 aliphatic rings. The number of carbonyl (C=O) groups is 1. The van der Waals surface area contributed by atoms with Crippen molar-refractivity contribution in [2.24, 2.45) is 0 Å². The Balaban J connectivity index is 0.000000383. The van der Waals surface area contributed by atoms with Crippen molar-refractivity contribution in [2.75, 3.05) is 0 Å². The molecule has 112 valence electrons. The summed E-state index contributed by atoms with van der Waals surface area (Å²) in [7, 11) is -4.94. The van der Waals surface area contributed by atoms with Crippen LogP contribution in [-0.4, -0.2) is 26.6 Å². The average Bonchev–Trinajstić information content (AvgIpc) is 2.88. The SMILES string of the molecule is O=C(O)/C=C/c1cccc(-[n+]2cnn[nH]2)c1.[O-][Cl+3]([O-])([O-])[O-]. The van der Waals surface area contributed by atoms with Crippen molar-refractivity contribution in [2.45, 2.75) is 0 Å². The lowest BCUT2D eigenvalue weighted by Gasteiger charge is -2.17. The Morgan fingerprint density at radius 2 is 2.00 bits per heavy atom. The molecule has 0 saturated heterocycles. The van der Waals surface area contributed by atoms with Crippen LogP contribution >= 0.6 is 0 Å². The summed E-state index contributed by atoms with van der Waals surface area (Å²) < 4.78 is 35.6. The molecule has 0 aliphatic carbocycles. The first-order valence-electron chi connectivity index (χ1n) is 5.16. The van der Waals surface area contributed by atoms with Gasteiger partial charge in [0.25, 0.3) is 6.33 Å². The van der Waals surface area contributed by atoms with Crippen LogP contribution in [0.3, 0.4) is 0 Å². The van der Waals surface area contributed by atoms with Gasteiger partial charge >= 0.3 is 5.97 Å². The fourth-order valence-corrected chi connectivity index (χ4v) is 1.25. The van der Waals surface area contributed by atoms with Crippen molar-refractivity contribution in [1.82, 2.24) is 15.5 Å². The summed E-state index contributed by atoms with van der Waals surface area (Å²) in [5.74, 6) is -0.971. The van der Waals surface area contributed by atoms with Crippen LogP contribution in [0, 0.1) is 10.2 Å². The molecule has 0 aliphatic heterocycles. The second-order valence-corrected chi connectivity index (χ2v) is 4.20. The fourth-order valence-electron chi connectivity index (χ4n) is 1.25. The van der Waals surface area contributed by atoms with Crippen molar-refractivity contribution >= 4 is 12.0 Å². The van der Waals surface area contributed by atoms with Gasteiger partial charge in [-0.2, -0.15) is 0 Å². The largest absolute Gasteiger partial charge is 0.478 e. The molecule has 11 heteroatoms. The number of carboxylic acid groups (broad SMARTS) is 1. The lowest BCUT2D eigenvalue weighted by atomic mass is 10.2. The molecule has 0 bridgehead atoms. The third-order valence-corrected chi connectivity index (χ3v) is 1.94. The van der Waals surface area contributed by atoms with Gasteiger partial charge in [-0.1, -0.05) is 17.3 Å². The molecule has 0 unspecified atom stereocenters. The van der Waals surface area contributed by atoms with Crippen LogP contribution in [0.25, 0.3) is 11.8 Å². The molecule has 0 spiro atoms. The Morgan fingerprint density at radius 1 is 1.33 bits per heavy atom. The highest BCUT2D eigenvalue weighted by Crippen LogP contribution is 2.06. The fraction of sp³-hybridized carbons (Fsp3) is 0. The number of nitrogens with zero attached hydrogens (tertiary/aromatic N) is 3. The van der Waals surface area contributed by atoms with E-state index in [4.69, 9.17) is 23.7 Å². The summed E-state index contributed by atoms with van der Waals surface area (Å²) in [4.78, 5) is 10.4. The Bertz CT molecular complexity index is 604. The highest BCUT2D eigenvalue weighted by atomic mass is 35.7. The van der Waals surface area contributed by atoms with Crippen molar-refractivity contribution in [3.63, 3.8) is 0 Å². The first-order valence-corrected chi connectivity index (χ1v) is 6.40. The minimum Gasteiger partial charge on any atom is -0.478 e. The zero-order chi connectivity index (χ0) is 15.9. The van der Waals surface area contributed by atoms with E-state index in [-0.39, 0.29) is 0 Å². The lowest BCUT2D eigenvalue weighted by Crippen LogP contribution is -2.68. The molecule has 0 amide bonds. The maximum absolute atomic E-state index is 10.4. The molecule has 1 aromatic carbocycles. The summed E-state index contributed by atoms with van der Waals surface area (Å²) >= 11 is 0. The van der Waals surface area contributed by atoms with Gasteiger partial charge in [0.05, 0.1) is 0 Å². The van der Waals surface area contributed by atoms with Gasteiger partial charge in [-0.05, 0) is 23.8 Å². The van der Waals surface area contributed by atoms with Crippen molar-refractivity contribution in [3.05, 3.63) is 42.2 Å². The maximum Gasteiger partial charge on any atom is 0.328 e. The summed E-state index contributed by atoms with van der Waals surface area (Å²) in [6, 6.07) is 7.31. The second-order valence-electron chi connectivity index (χ2n) is 3.45. The van der Waals surface area contributed by atoms with Crippen LogP contribution in [0.5, 0.6) is 0 Å². The second kappa shape index (κ2) is 7.42. The minimum absolute atomic E-state index is 0.794. The zero-order valence-electron chi connectivity index (χ0n) is 10.2. The number of H-pyrrole nitrogens is 1. The van der Waals surface area contributed by atoms with Crippen LogP contribution in [0.1, 0.15) is 5.56 Å². The molecule has 10 nitrogen and oxygen atoms in total. The number of halogens is 1. The number of benzene rings is 1. The first kappa shape index (κ1) is 16.7. The smallest absolute Gasteiger partial charge is 0.328 e. The number of aliphatic carboxylic acids is 1. The van der Waals surface area contributed by atoms with Crippen LogP contribution in [-0.2, 0) is 4.79 Å². The lowest BCUT2D eigenvalue weighted by molar-refractivity contribution is -2.00. The topological polar surface area (TPSA) is 175 Å². The number of hydrogen-bond acceptors (Lipinski definition) is 7. The Labute approximate surface area is 119 Å². The van der Waals surface area contributed by atoms with Gasteiger partial charge in [-0.3, -0.25) is 0 Å². The molecular formula is C10H9ClN4O6. The Kier molecular flexibility index (Phi) is 5.90.